The Bertz CT molecular complexity index is 1630. The SMILES string of the molecule is CNCCCCNC(=O)c1cn2c3c(c(N4CCC(N)C4)c(F)cc3c1=O)Oc1cc3ccccc3cc1-2. The molecule has 1 aromatic heterocycles. The third kappa shape index (κ3) is 4.08. The van der Waals surface area contributed by atoms with Crippen molar-refractivity contribution in [2.24, 2.45) is 5.73 Å². The molecule has 3 heterocycles. The van der Waals surface area contributed by atoms with Gasteiger partial charge in [-0.25, -0.2) is 4.39 Å². The average molecular weight is 516 g/mol. The number of carbonyl (C=O) groups excluding carboxylic acids is 1. The van der Waals surface area contributed by atoms with Gasteiger partial charge in [0, 0.05) is 31.9 Å². The number of unbranched alkanes of at least 4 members (excludes halogenated alkanes) is 1. The van der Waals surface area contributed by atoms with Crippen LogP contribution in [-0.4, -0.2) is 49.7 Å². The molecule has 0 saturated carbocycles. The molecule has 2 aliphatic rings. The van der Waals surface area contributed by atoms with Crippen LogP contribution in [0.5, 0.6) is 11.5 Å². The summed E-state index contributed by atoms with van der Waals surface area (Å²) in [6.07, 6.45) is 3.97. The molecule has 0 aliphatic carbocycles. The van der Waals surface area contributed by atoms with Gasteiger partial charge >= 0.3 is 0 Å². The van der Waals surface area contributed by atoms with Crippen molar-refractivity contribution in [3.05, 3.63) is 70.3 Å². The predicted molar refractivity (Wildman–Crippen MR) is 147 cm³/mol. The summed E-state index contributed by atoms with van der Waals surface area (Å²) in [6.45, 7) is 2.36. The molecule has 6 rings (SSSR count). The normalized spacial score (nSPS) is 16.1. The van der Waals surface area contributed by atoms with Gasteiger partial charge in [0.2, 0.25) is 5.43 Å². The summed E-state index contributed by atoms with van der Waals surface area (Å²) in [5.41, 5.74) is 6.99. The van der Waals surface area contributed by atoms with Gasteiger partial charge in [-0.2, -0.15) is 0 Å². The molecule has 196 valence electrons. The molecule has 0 radical (unpaired) electrons. The van der Waals surface area contributed by atoms with Crippen molar-refractivity contribution in [1.29, 1.82) is 0 Å². The summed E-state index contributed by atoms with van der Waals surface area (Å²) >= 11 is 0. The van der Waals surface area contributed by atoms with Crippen molar-refractivity contribution in [3.8, 4) is 17.2 Å². The molecule has 9 heteroatoms. The van der Waals surface area contributed by atoms with Crippen LogP contribution in [0, 0.1) is 5.82 Å². The number of anilines is 1. The van der Waals surface area contributed by atoms with Crippen LogP contribution in [0.25, 0.3) is 27.4 Å². The molecule has 1 unspecified atom stereocenters. The zero-order chi connectivity index (χ0) is 26.4. The molecule has 0 spiro atoms. The number of nitrogens with two attached hydrogens (primary N) is 1. The van der Waals surface area contributed by atoms with Crippen LogP contribution >= 0.6 is 0 Å². The van der Waals surface area contributed by atoms with Crippen molar-refractivity contribution in [1.82, 2.24) is 15.2 Å². The van der Waals surface area contributed by atoms with Crippen LogP contribution in [0.1, 0.15) is 29.6 Å². The molecule has 1 amide bonds. The maximum atomic E-state index is 15.7. The standard InChI is InChI=1S/C29H30FN5O3/c1-32-9-4-5-10-33-29(37)21-16-35-23-12-17-6-2-3-7-18(17)13-24(23)38-28-25(35)20(27(21)36)14-22(30)26(28)34-11-8-19(31)15-34/h2-3,6-7,12-14,16,19,32H,4-5,8-11,15,31H2,1H3,(H,33,37). The van der Waals surface area contributed by atoms with Crippen molar-refractivity contribution in [3.63, 3.8) is 0 Å². The molecular formula is C29H30FN5O3. The number of ether oxygens (including phenoxy) is 1. The van der Waals surface area contributed by atoms with Crippen LogP contribution in [0.2, 0.25) is 0 Å². The van der Waals surface area contributed by atoms with E-state index in [1.165, 1.54) is 6.07 Å². The van der Waals surface area contributed by atoms with Gasteiger partial charge in [-0.3, -0.25) is 9.59 Å². The molecule has 1 atom stereocenters. The van der Waals surface area contributed by atoms with Gasteiger partial charge in [-0.1, -0.05) is 24.3 Å². The Kier molecular flexibility index (Phi) is 6.25. The minimum absolute atomic E-state index is 0.0339. The van der Waals surface area contributed by atoms with E-state index in [2.05, 4.69) is 10.6 Å². The highest BCUT2D eigenvalue weighted by atomic mass is 19.1. The number of hydrogen-bond acceptors (Lipinski definition) is 6. The highest BCUT2D eigenvalue weighted by Crippen LogP contribution is 2.48. The molecule has 4 N–H and O–H groups in total. The van der Waals surface area contributed by atoms with Crippen molar-refractivity contribution < 1.29 is 13.9 Å². The fourth-order valence-electron chi connectivity index (χ4n) is 5.46. The summed E-state index contributed by atoms with van der Waals surface area (Å²) in [5.74, 6) is -0.252. The Morgan fingerprint density at radius 3 is 2.66 bits per heavy atom. The van der Waals surface area contributed by atoms with Gasteiger partial charge < -0.3 is 30.6 Å². The predicted octanol–water partition coefficient (Wildman–Crippen LogP) is 3.66. The van der Waals surface area contributed by atoms with Crippen molar-refractivity contribution in [2.45, 2.75) is 25.3 Å². The molecule has 3 aromatic carbocycles. The summed E-state index contributed by atoms with van der Waals surface area (Å²) in [6, 6.07) is 12.9. The number of rotatable bonds is 7. The van der Waals surface area contributed by atoms with Gasteiger partial charge in [0.25, 0.3) is 5.91 Å². The van der Waals surface area contributed by atoms with Gasteiger partial charge in [-0.05, 0) is 61.8 Å². The number of aromatic nitrogens is 1. The minimum atomic E-state index is -0.570. The number of nitrogens with zero attached hydrogens (tertiary/aromatic N) is 2. The van der Waals surface area contributed by atoms with Crippen LogP contribution < -0.4 is 31.4 Å². The molecule has 4 aromatic rings. The van der Waals surface area contributed by atoms with Gasteiger partial charge in [0.15, 0.2) is 17.3 Å². The fraction of sp³-hybridized carbons (Fsp3) is 0.310. The summed E-state index contributed by atoms with van der Waals surface area (Å²) in [7, 11) is 1.88. The number of nitrogens with one attached hydrogen (secondary N) is 2. The van der Waals surface area contributed by atoms with E-state index in [4.69, 9.17) is 10.5 Å². The minimum Gasteiger partial charge on any atom is -0.451 e. The number of hydrogen-bond donors (Lipinski definition) is 3. The smallest absolute Gasteiger partial charge is 0.256 e. The first-order chi connectivity index (χ1) is 18.5. The zero-order valence-corrected chi connectivity index (χ0v) is 21.2. The summed E-state index contributed by atoms with van der Waals surface area (Å²) in [5, 5.41) is 7.97. The second kappa shape index (κ2) is 9.74. The first kappa shape index (κ1) is 24.4. The average Bonchev–Trinajstić information content (AvgIpc) is 3.34. The zero-order valence-electron chi connectivity index (χ0n) is 21.2. The molecule has 38 heavy (non-hydrogen) atoms. The lowest BCUT2D eigenvalue weighted by Gasteiger charge is -2.29. The number of benzene rings is 3. The van der Waals surface area contributed by atoms with Crippen LogP contribution in [-0.2, 0) is 0 Å². The maximum Gasteiger partial charge on any atom is 0.256 e. The van der Waals surface area contributed by atoms with Crippen LogP contribution in [0.3, 0.4) is 0 Å². The van der Waals surface area contributed by atoms with Gasteiger partial charge in [-0.15, -0.1) is 0 Å². The fourth-order valence-corrected chi connectivity index (χ4v) is 5.46. The van der Waals surface area contributed by atoms with Gasteiger partial charge in [0.1, 0.15) is 16.8 Å². The second-order valence-corrected chi connectivity index (χ2v) is 10.0. The van der Waals surface area contributed by atoms with E-state index in [1.54, 1.807) is 10.8 Å². The van der Waals surface area contributed by atoms with Crippen molar-refractivity contribution >= 4 is 33.3 Å². The molecule has 1 saturated heterocycles. The quantitative estimate of drug-likeness (QED) is 0.286. The highest BCUT2D eigenvalue weighted by Gasteiger charge is 2.32. The third-order valence-electron chi connectivity index (χ3n) is 7.39. The first-order valence-electron chi connectivity index (χ1n) is 13.0. The number of halogens is 1. The lowest BCUT2D eigenvalue weighted by atomic mass is 10.0. The van der Waals surface area contributed by atoms with E-state index < -0.39 is 17.2 Å². The Balaban J connectivity index is 1.55. The highest BCUT2D eigenvalue weighted by molar-refractivity contribution is 6.02. The van der Waals surface area contributed by atoms with E-state index in [9.17, 15) is 9.59 Å². The third-order valence-corrected chi connectivity index (χ3v) is 7.39. The lowest BCUT2D eigenvalue weighted by Crippen LogP contribution is -2.31. The topological polar surface area (TPSA) is 102 Å². The first-order valence-corrected chi connectivity index (χ1v) is 13.0. The number of amides is 1. The largest absolute Gasteiger partial charge is 0.451 e. The van der Waals surface area contributed by atoms with E-state index in [0.29, 0.717) is 42.3 Å². The Labute approximate surface area is 219 Å². The Morgan fingerprint density at radius 2 is 1.92 bits per heavy atom. The molecule has 1 fully saturated rings. The van der Waals surface area contributed by atoms with E-state index in [0.717, 1.165) is 36.6 Å². The van der Waals surface area contributed by atoms with E-state index in [1.807, 2.05) is 48.3 Å². The molecule has 8 nitrogen and oxygen atoms in total. The summed E-state index contributed by atoms with van der Waals surface area (Å²) < 4.78 is 23.9. The number of pyridine rings is 1. The number of carbonyl (C=O) groups is 1. The maximum absolute atomic E-state index is 15.7. The van der Waals surface area contributed by atoms with E-state index >= 15 is 4.39 Å². The molecule has 0 bridgehead atoms. The second-order valence-electron chi connectivity index (χ2n) is 10.0. The van der Waals surface area contributed by atoms with Gasteiger partial charge in [0.05, 0.1) is 11.1 Å². The molecule has 2 aliphatic heterocycles. The van der Waals surface area contributed by atoms with Crippen LogP contribution in [0.15, 0.2) is 53.5 Å². The van der Waals surface area contributed by atoms with E-state index in [-0.39, 0.29) is 22.7 Å². The number of fused-ring (bicyclic) bond motifs is 3. The monoisotopic (exact) mass is 515 g/mol. The molecular weight excluding hydrogens is 485 g/mol. The van der Waals surface area contributed by atoms with Crippen molar-refractivity contribution in [2.75, 3.05) is 38.1 Å². The van der Waals surface area contributed by atoms with Crippen LogP contribution in [0.4, 0.5) is 10.1 Å². The lowest BCUT2D eigenvalue weighted by molar-refractivity contribution is 0.0951. The summed E-state index contributed by atoms with van der Waals surface area (Å²) in [4.78, 5) is 28.6. The Morgan fingerprint density at radius 1 is 1.16 bits per heavy atom. The Hall–Kier alpha value is -3.95.